The van der Waals surface area contributed by atoms with Gasteiger partial charge in [0.25, 0.3) is 0 Å². The van der Waals surface area contributed by atoms with Crippen LogP contribution < -0.4 is 10.7 Å². The molecule has 98 valence electrons. The maximum Gasteiger partial charge on any atom is 0.123 e. The number of nitrogens with two attached hydrogens (primary N) is 1. The summed E-state index contributed by atoms with van der Waals surface area (Å²) in [4.78, 5) is 2.00. The molecule has 0 aromatic heterocycles. The Morgan fingerprint density at radius 2 is 1.89 bits per heavy atom. The van der Waals surface area contributed by atoms with Gasteiger partial charge < -0.3 is 10.6 Å². The molecule has 1 aromatic carbocycles. The van der Waals surface area contributed by atoms with E-state index in [0.717, 1.165) is 23.8 Å². The molecule has 0 unspecified atom stereocenters. The van der Waals surface area contributed by atoms with Crippen molar-refractivity contribution in [2.45, 2.75) is 13.8 Å². The Balaban J connectivity index is 3.00. The minimum atomic E-state index is 0.590. The van der Waals surface area contributed by atoms with Gasteiger partial charge in [-0.25, -0.2) is 5.01 Å². The van der Waals surface area contributed by atoms with Crippen LogP contribution in [0.4, 0.5) is 5.69 Å². The number of anilines is 1. The molecule has 0 radical (unpaired) electrons. The van der Waals surface area contributed by atoms with Crippen LogP contribution >= 0.6 is 0 Å². The van der Waals surface area contributed by atoms with Gasteiger partial charge in [0.1, 0.15) is 5.82 Å². The summed E-state index contributed by atoms with van der Waals surface area (Å²) in [6.45, 7) is 9.36. The molecule has 0 aliphatic rings. The second kappa shape index (κ2) is 6.81. The summed E-state index contributed by atoms with van der Waals surface area (Å²) in [6, 6.07) is 9.97. The lowest BCUT2D eigenvalue weighted by Crippen LogP contribution is -2.33. The van der Waals surface area contributed by atoms with Crippen LogP contribution in [0.15, 0.2) is 47.8 Å². The highest BCUT2D eigenvalue weighted by Crippen LogP contribution is 2.20. The summed E-state index contributed by atoms with van der Waals surface area (Å²) in [6.07, 6.45) is 0. The molecule has 0 amide bonds. The van der Waals surface area contributed by atoms with E-state index in [4.69, 9.17) is 5.73 Å². The van der Waals surface area contributed by atoms with Crippen molar-refractivity contribution in [3.05, 3.63) is 42.7 Å². The Morgan fingerprint density at radius 1 is 1.28 bits per heavy atom. The highest BCUT2D eigenvalue weighted by atomic mass is 15.5. The van der Waals surface area contributed by atoms with E-state index in [9.17, 15) is 0 Å². The molecule has 0 atom stereocenters. The van der Waals surface area contributed by atoms with Gasteiger partial charge in [-0.3, -0.25) is 0 Å². The van der Waals surface area contributed by atoms with Gasteiger partial charge in [-0.2, -0.15) is 5.10 Å². The molecule has 0 bridgehead atoms. The van der Waals surface area contributed by atoms with Gasteiger partial charge in [0.15, 0.2) is 0 Å². The maximum absolute atomic E-state index is 5.57. The predicted octanol–water partition coefficient (Wildman–Crippen LogP) is 2.25. The Labute approximate surface area is 109 Å². The van der Waals surface area contributed by atoms with Gasteiger partial charge in [-0.15, -0.1) is 0 Å². The lowest BCUT2D eigenvalue weighted by atomic mass is 10.3. The quantitative estimate of drug-likeness (QED) is 0.618. The molecule has 1 rings (SSSR count). The zero-order chi connectivity index (χ0) is 13.5. The van der Waals surface area contributed by atoms with Crippen LogP contribution in [0.5, 0.6) is 0 Å². The first-order chi connectivity index (χ1) is 8.56. The monoisotopic (exact) mass is 246 g/mol. The van der Waals surface area contributed by atoms with Crippen LogP contribution in [-0.4, -0.2) is 30.7 Å². The summed E-state index contributed by atoms with van der Waals surface area (Å²) in [7, 11) is 1.96. The molecule has 0 heterocycles. The maximum atomic E-state index is 5.57. The zero-order valence-electron chi connectivity index (χ0n) is 11.4. The van der Waals surface area contributed by atoms with E-state index in [1.54, 1.807) is 0 Å². The van der Waals surface area contributed by atoms with E-state index < -0.39 is 0 Å². The van der Waals surface area contributed by atoms with Gasteiger partial charge in [-0.05, 0) is 26.0 Å². The number of hydrazone groups is 1. The van der Waals surface area contributed by atoms with Crippen LogP contribution in [0.2, 0.25) is 0 Å². The van der Waals surface area contributed by atoms with Crippen LogP contribution in [0.3, 0.4) is 0 Å². The smallest absolute Gasteiger partial charge is 0.123 e. The van der Waals surface area contributed by atoms with Gasteiger partial charge in [0, 0.05) is 25.8 Å². The Hall–Kier alpha value is -1.81. The van der Waals surface area contributed by atoms with Gasteiger partial charge in [0.2, 0.25) is 0 Å². The number of likely N-dealkylation sites (N-methyl/N-ethyl adjacent to an activating group) is 1. The Bertz CT molecular complexity index is 407. The van der Waals surface area contributed by atoms with Gasteiger partial charge in [0.05, 0.1) is 5.69 Å². The van der Waals surface area contributed by atoms with Crippen molar-refractivity contribution < 1.29 is 0 Å². The molecule has 0 saturated heterocycles. The van der Waals surface area contributed by atoms with Crippen molar-refractivity contribution >= 4 is 11.4 Å². The third-order valence-corrected chi connectivity index (χ3v) is 2.45. The van der Waals surface area contributed by atoms with Crippen molar-refractivity contribution in [3.8, 4) is 0 Å². The largest absolute Gasteiger partial charge is 0.359 e. The van der Waals surface area contributed by atoms with E-state index in [1.807, 2.05) is 61.1 Å². The molecule has 2 N–H and O–H groups in total. The van der Waals surface area contributed by atoms with Gasteiger partial charge in [-0.1, -0.05) is 24.8 Å². The first-order valence-corrected chi connectivity index (χ1v) is 6.03. The summed E-state index contributed by atoms with van der Waals surface area (Å²) in [5.41, 5.74) is 7.54. The standard InChI is InChI=1S/C14H22N4/c1-12(2)16-18(13(3)17(4)11-10-15)14-8-6-5-7-9-14/h5-9H,3,10-11,15H2,1-2,4H3. The first-order valence-electron chi connectivity index (χ1n) is 6.03. The molecule has 4 heteroatoms. The molecule has 0 aliphatic heterocycles. The van der Waals surface area contributed by atoms with Crippen LogP contribution in [0.25, 0.3) is 0 Å². The van der Waals surface area contributed by atoms with Gasteiger partial charge >= 0.3 is 0 Å². The summed E-state index contributed by atoms with van der Waals surface area (Å²) in [5.74, 6) is 0.813. The highest BCUT2D eigenvalue weighted by Gasteiger charge is 2.12. The van der Waals surface area contributed by atoms with E-state index in [2.05, 4.69) is 11.7 Å². The Kier molecular flexibility index (Phi) is 5.39. The van der Waals surface area contributed by atoms with E-state index in [-0.39, 0.29) is 0 Å². The molecular weight excluding hydrogens is 224 g/mol. The lowest BCUT2D eigenvalue weighted by molar-refractivity contribution is 0.415. The fourth-order valence-corrected chi connectivity index (χ4v) is 1.52. The number of nitrogens with zero attached hydrogens (tertiary/aromatic N) is 3. The second-order valence-corrected chi connectivity index (χ2v) is 4.32. The summed E-state index contributed by atoms with van der Waals surface area (Å²) in [5, 5.41) is 6.36. The predicted molar refractivity (Wildman–Crippen MR) is 78.5 cm³/mol. The SMILES string of the molecule is C=C(N(C)CCN)N(N=C(C)C)c1ccccc1. The minimum Gasteiger partial charge on any atom is -0.359 e. The molecular formula is C14H22N4. The fourth-order valence-electron chi connectivity index (χ4n) is 1.52. The van der Waals surface area contributed by atoms with Crippen molar-refractivity contribution in [1.29, 1.82) is 0 Å². The molecule has 1 aromatic rings. The average Bonchev–Trinajstić information content (AvgIpc) is 2.36. The molecule has 0 aliphatic carbocycles. The molecule has 18 heavy (non-hydrogen) atoms. The van der Waals surface area contributed by atoms with Crippen LogP contribution in [0, 0.1) is 0 Å². The number of benzene rings is 1. The van der Waals surface area contributed by atoms with Crippen molar-refractivity contribution in [2.75, 3.05) is 25.1 Å². The van der Waals surface area contributed by atoms with Crippen molar-refractivity contribution in [2.24, 2.45) is 10.8 Å². The summed E-state index contributed by atoms with van der Waals surface area (Å²) < 4.78 is 0. The number of rotatable bonds is 6. The molecule has 4 nitrogen and oxygen atoms in total. The van der Waals surface area contributed by atoms with E-state index in [1.165, 1.54) is 0 Å². The van der Waals surface area contributed by atoms with Crippen LogP contribution in [-0.2, 0) is 0 Å². The normalized spacial score (nSPS) is 9.78. The number of hydrogen-bond acceptors (Lipinski definition) is 4. The molecule has 0 spiro atoms. The van der Waals surface area contributed by atoms with Crippen molar-refractivity contribution in [3.63, 3.8) is 0 Å². The third kappa shape index (κ3) is 3.89. The minimum absolute atomic E-state index is 0.590. The zero-order valence-corrected chi connectivity index (χ0v) is 11.4. The number of hydrogen-bond donors (Lipinski definition) is 1. The first kappa shape index (κ1) is 14.3. The highest BCUT2D eigenvalue weighted by molar-refractivity contribution is 5.80. The van der Waals surface area contributed by atoms with E-state index in [0.29, 0.717) is 6.54 Å². The number of para-hydroxylation sites is 1. The lowest BCUT2D eigenvalue weighted by Gasteiger charge is -2.29. The second-order valence-electron chi connectivity index (χ2n) is 4.32. The third-order valence-electron chi connectivity index (χ3n) is 2.45. The van der Waals surface area contributed by atoms with Crippen LogP contribution in [0.1, 0.15) is 13.8 Å². The van der Waals surface area contributed by atoms with E-state index >= 15 is 0 Å². The Morgan fingerprint density at radius 3 is 2.39 bits per heavy atom. The average molecular weight is 246 g/mol. The molecule has 0 fully saturated rings. The molecule has 0 saturated carbocycles. The summed E-state index contributed by atoms with van der Waals surface area (Å²) >= 11 is 0. The fraction of sp³-hybridized carbons (Fsp3) is 0.357. The topological polar surface area (TPSA) is 44.9 Å². The van der Waals surface area contributed by atoms with Crippen molar-refractivity contribution in [1.82, 2.24) is 4.90 Å².